The van der Waals surface area contributed by atoms with Crippen molar-refractivity contribution in [2.75, 3.05) is 17.0 Å². The molecule has 0 bridgehead atoms. The number of para-hydroxylation sites is 2. The fourth-order valence-corrected chi connectivity index (χ4v) is 1.61. The summed E-state index contributed by atoms with van der Waals surface area (Å²) in [6, 6.07) is 18.8. The number of aliphatic carboxylic acids is 1. The van der Waals surface area contributed by atoms with E-state index in [1.54, 1.807) is 5.01 Å². The molecule has 0 amide bonds. The Labute approximate surface area is 105 Å². The van der Waals surface area contributed by atoms with Crippen LogP contribution in [0.4, 0.5) is 11.4 Å². The number of hydrogen-bond donors (Lipinski definition) is 2. The van der Waals surface area contributed by atoms with Gasteiger partial charge in [0.05, 0.1) is 11.4 Å². The lowest BCUT2D eigenvalue weighted by molar-refractivity contribution is -0.135. The molecular weight excluding hydrogens is 228 g/mol. The highest BCUT2D eigenvalue weighted by atomic mass is 16.4. The van der Waals surface area contributed by atoms with Crippen molar-refractivity contribution in [3.8, 4) is 0 Å². The number of benzene rings is 2. The highest BCUT2D eigenvalue weighted by molar-refractivity contribution is 5.75. The molecule has 0 unspecified atom stereocenters. The molecule has 2 aromatic rings. The molecular formula is C14H14N2O2. The molecule has 18 heavy (non-hydrogen) atoms. The molecule has 2 rings (SSSR count). The van der Waals surface area contributed by atoms with E-state index in [1.807, 2.05) is 60.7 Å². The van der Waals surface area contributed by atoms with Gasteiger partial charge in [-0.3, -0.25) is 15.2 Å². The molecule has 4 nitrogen and oxygen atoms in total. The summed E-state index contributed by atoms with van der Waals surface area (Å²) in [5, 5.41) is 10.5. The number of carboxylic acid groups (broad SMARTS) is 1. The highest BCUT2D eigenvalue weighted by Gasteiger charge is 2.10. The first-order chi connectivity index (χ1) is 8.75. The lowest BCUT2D eigenvalue weighted by atomic mass is 10.3. The predicted octanol–water partition coefficient (Wildman–Crippen LogP) is 2.60. The fraction of sp³-hybridized carbons (Fsp3) is 0.0714. The molecule has 0 radical (unpaired) electrons. The zero-order valence-electron chi connectivity index (χ0n) is 9.78. The minimum absolute atomic E-state index is 0.112. The van der Waals surface area contributed by atoms with Crippen LogP contribution in [-0.4, -0.2) is 17.6 Å². The maximum Gasteiger partial charge on any atom is 0.325 e. The number of carboxylic acids is 1. The standard InChI is InChI=1S/C14H14N2O2/c17-14(18)11-16(13-9-5-2-6-10-13)15-12-7-3-1-4-8-12/h1-10,15H,11H2,(H,17,18). The Morgan fingerprint density at radius 3 is 2.11 bits per heavy atom. The fourth-order valence-electron chi connectivity index (χ4n) is 1.61. The molecule has 0 saturated carbocycles. The van der Waals surface area contributed by atoms with Crippen molar-refractivity contribution in [3.05, 3.63) is 60.7 Å². The third kappa shape index (κ3) is 3.25. The second-order valence-electron chi connectivity index (χ2n) is 3.79. The van der Waals surface area contributed by atoms with Gasteiger partial charge in [0.1, 0.15) is 6.54 Å². The van der Waals surface area contributed by atoms with Crippen molar-refractivity contribution in [2.24, 2.45) is 0 Å². The van der Waals surface area contributed by atoms with Crippen molar-refractivity contribution in [3.63, 3.8) is 0 Å². The van der Waals surface area contributed by atoms with Crippen molar-refractivity contribution in [2.45, 2.75) is 0 Å². The maximum absolute atomic E-state index is 10.9. The van der Waals surface area contributed by atoms with Crippen LogP contribution >= 0.6 is 0 Å². The normalized spacial score (nSPS) is 9.78. The van der Waals surface area contributed by atoms with E-state index in [0.717, 1.165) is 11.4 Å². The van der Waals surface area contributed by atoms with E-state index < -0.39 is 5.97 Å². The van der Waals surface area contributed by atoms with Crippen LogP contribution in [0.25, 0.3) is 0 Å². The zero-order valence-corrected chi connectivity index (χ0v) is 9.78. The van der Waals surface area contributed by atoms with Gasteiger partial charge in [0.25, 0.3) is 0 Å². The summed E-state index contributed by atoms with van der Waals surface area (Å²) in [5.41, 5.74) is 4.74. The SMILES string of the molecule is O=C(O)CN(Nc1ccccc1)c1ccccc1. The largest absolute Gasteiger partial charge is 0.480 e. The number of nitrogens with one attached hydrogen (secondary N) is 1. The van der Waals surface area contributed by atoms with Gasteiger partial charge >= 0.3 is 5.97 Å². The van der Waals surface area contributed by atoms with Crippen LogP contribution in [0.15, 0.2) is 60.7 Å². The molecule has 0 aromatic heterocycles. The second-order valence-corrected chi connectivity index (χ2v) is 3.79. The van der Waals surface area contributed by atoms with E-state index in [9.17, 15) is 4.79 Å². The van der Waals surface area contributed by atoms with Gasteiger partial charge in [-0.15, -0.1) is 0 Å². The van der Waals surface area contributed by atoms with Crippen LogP contribution in [0.5, 0.6) is 0 Å². The minimum atomic E-state index is -0.887. The van der Waals surface area contributed by atoms with Crippen LogP contribution in [0.2, 0.25) is 0 Å². The van der Waals surface area contributed by atoms with Crippen LogP contribution in [0, 0.1) is 0 Å². The summed E-state index contributed by atoms with van der Waals surface area (Å²) < 4.78 is 0. The Kier molecular flexibility index (Phi) is 3.81. The van der Waals surface area contributed by atoms with Crippen molar-refractivity contribution >= 4 is 17.3 Å². The van der Waals surface area contributed by atoms with Crippen molar-refractivity contribution in [1.29, 1.82) is 0 Å². The molecule has 4 heteroatoms. The first-order valence-corrected chi connectivity index (χ1v) is 5.62. The van der Waals surface area contributed by atoms with Gasteiger partial charge in [-0.1, -0.05) is 36.4 Å². The van der Waals surface area contributed by atoms with E-state index >= 15 is 0 Å². The summed E-state index contributed by atoms with van der Waals surface area (Å²) in [6.45, 7) is -0.112. The first-order valence-electron chi connectivity index (χ1n) is 5.62. The molecule has 0 atom stereocenters. The first kappa shape index (κ1) is 12.0. The van der Waals surface area contributed by atoms with E-state index in [4.69, 9.17) is 5.11 Å². The second kappa shape index (κ2) is 5.72. The Morgan fingerprint density at radius 1 is 1.00 bits per heavy atom. The smallest absolute Gasteiger partial charge is 0.325 e. The van der Waals surface area contributed by atoms with Crippen LogP contribution in [-0.2, 0) is 4.79 Å². The van der Waals surface area contributed by atoms with E-state index in [-0.39, 0.29) is 6.54 Å². The molecule has 92 valence electrons. The number of anilines is 2. The van der Waals surface area contributed by atoms with Crippen LogP contribution in [0.3, 0.4) is 0 Å². The summed E-state index contributed by atoms with van der Waals surface area (Å²) in [6.07, 6.45) is 0. The summed E-state index contributed by atoms with van der Waals surface area (Å²) in [4.78, 5) is 10.9. The van der Waals surface area contributed by atoms with Crippen LogP contribution < -0.4 is 10.4 Å². The third-order valence-electron chi connectivity index (χ3n) is 2.40. The lowest BCUT2D eigenvalue weighted by Crippen LogP contribution is -2.34. The van der Waals surface area contributed by atoms with Gasteiger partial charge in [0.15, 0.2) is 0 Å². The number of hydrazine groups is 1. The quantitative estimate of drug-likeness (QED) is 0.791. The van der Waals surface area contributed by atoms with Crippen LogP contribution in [0.1, 0.15) is 0 Å². The molecule has 0 aliphatic carbocycles. The van der Waals surface area contributed by atoms with Crippen molar-refractivity contribution < 1.29 is 9.90 Å². The average Bonchev–Trinajstić information content (AvgIpc) is 2.40. The molecule has 0 fully saturated rings. The van der Waals surface area contributed by atoms with E-state index in [1.165, 1.54) is 0 Å². The number of hydrogen-bond acceptors (Lipinski definition) is 3. The van der Waals surface area contributed by atoms with Gasteiger partial charge in [0, 0.05) is 0 Å². The highest BCUT2D eigenvalue weighted by Crippen LogP contribution is 2.15. The maximum atomic E-state index is 10.9. The topological polar surface area (TPSA) is 52.6 Å². The van der Waals surface area contributed by atoms with Gasteiger partial charge in [-0.25, -0.2) is 0 Å². The number of nitrogens with zero attached hydrogens (tertiary/aromatic N) is 1. The molecule has 2 aromatic carbocycles. The molecule has 0 spiro atoms. The number of carbonyl (C=O) groups is 1. The average molecular weight is 242 g/mol. The monoisotopic (exact) mass is 242 g/mol. The van der Waals surface area contributed by atoms with Gasteiger partial charge in [-0.05, 0) is 24.3 Å². The minimum Gasteiger partial charge on any atom is -0.480 e. The van der Waals surface area contributed by atoms with Gasteiger partial charge in [-0.2, -0.15) is 0 Å². The molecule has 2 N–H and O–H groups in total. The molecule has 0 aliphatic heterocycles. The van der Waals surface area contributed by atoms with Crippen molar-refractivity contribution in [1.82, 2.24) is 0 Å². The van der Waals surface area contributed by atoms with E-state index in [2.05, 4.69) is 5.43 Å². The third-order valence-corrected chi connectivity index (χ3v) is 2.40. The molecule has 0 saturated heterocycles. The Hall–Kier alpha value is -2.49. The Morgan fingerprint density at radius 2 is 1.56 bits per heavy atom. The molecule has 0 heterocycles. The Bertz CT molecular complexity index is 500. The predicted molar refractivity (Wildman–Crippen MR) is 71.5 cm³/mol. The Balaban J connectivity index is 2.18. The summed E-state index contributed by atoms with van der Waals surface area (Å²) >= 11 is 0. The summed E-state index contributed by atoms with van der Waals surface area (Å²) in [5.74, 6) is -0.887. The lowest BCUT2D eigenvalue weighted by Gasteiger charge is -2.24. The van der Waals surface area contributed by atoms with Gasteiger partial charge < -0.3 is 5.11 Å². The van der Waals surface area contributed by atoms with E-state index in [0.29, 0.717) is 0 Å². The molecule has 0 aliphatic rings. The number of rotatable bonds is 5. The zero-order chi connectivity index (χ0) is 12.8. The van der Waals surface area contributed by atoms with Gasteiger partial charge in [0.2, 0.25) is 0 Å². The summed E-state index contributed by atoms with van der Waals surface area (Å²) in [7, 11) is 0.